The monoisotopic (exact) mass is 293 g/mol. The fourth-order valence-electron chi connectivity index (χ4n) is 1.82. The van der Waals surface area contributed by atoms with Crippen molar-refractivity contribution in [1.29, 1.82) is 0 Å². The Morgan fingerprint density at radius 2 is 2.05 bits per heavy atom. The summed E-state index contributed by atoms with van der Waals surface area (Å²) in [6, 6.07) is 6.10. The summed E-state index contributed by atoms with van der Waals surface area (Å²) < 4.78 is 26.2. The second-order valence-electron chi connectivity index (χ2n) is 4.35. The lowest BCUT2D eigenvalue weighted by Crippen LogP contribution is -2.32. The van der Waals surface area contributed by atoms with E-state index < -0.39 is 10.0 Å². The summed E-state index contributed by atoms with van der Waals surface area (Å²) in [6.45, 7) is 4.02. The fraction of sp³-hybridized carbons (Fsp3) is 0.400. The third-order valence-corrected chi connectivity index (χ3v) is 4.70. The highest BCUT2D eigenvalue weighted by Crippen LogP contribution is 2.18. The molecule has 0 saturated heterocycles. The zero-order valence-corrected chi connectivity index (χ0v) is 12.6. The molecule has 0 N–H and O–H groups in total. The van der Waals surface area contributed by atoms with Gasteiger partial charge in [-0.15, -0.1) is 6.42 Å². The van der Waals surface area contributed by atoms with Crippen molar-refractivity contribution < 1.29 is 13.2 Å². The van der Waals surface area contributed by atoms with Crippen LogP contribution in [0.1, 0.15) is 37.0 Å². The van der Waals surface area contributed by atoms with E-state index in [4.69, 9.17) is 6.42 Å². The van der Waals surface area contributed by atoms with Crippen molar-refractivity contribution in [1.82, 2.24) is 4.31 Å². The van der Waals surface area contributed by atoms with E-state index >= 15 is 0 Å². The third-order valence-electron chi connectivity index (χ3n) is 2.86. The molecule has 0 bridgehead atoms. The normalized spacial score (nSPS) is 11.3. The SMILES string of the molecule is C#CCN(CCC)S(=O)(=O)c1cccc(C(=O)CC)c1. The van der Waals surface area contributed by atoms with Gasteiger partial charge in [0.1, 0.15) is 0 Å². The highest BCUT2D eigenvalue weighted by Gasteiger charge is 2.23. The number of hydrogen-bond donors (Lipinski definition) is 0. The molecule has 1 aromatic rings. The second-order valence-corrected chi connectivity index (χ2v) is 6.29. The molecule has 0 heterocycles. The quantitative estimate of drug-likeness (QED) is 0.572. The maximum atomic E-state index is 12.5. The van der Waals surface area contributed by atoms with Crippen LogP contribution in [0.2, 0.25) is 0 Å². The van der Waals surface area contributed by atoms with Gasteiger partial charge in [-0.1, -0.05) is 31.9 Å². The number of carbonyl (C=O) groups is 1. The molecule has 0 amide bonds. The molecule has 4 nitrogen and oxygen atoms in total. The summed E-state index contributed by atoms with van der Waals surface area (Å²) in [6.07, 6.45) is 6.24. The summed E-state index contributed by atoms with van der Waals surface area (Å²) in [5.74, 6) is 2.27. The lowest BCUT2D eigenvalue weighted by atomic mass is 10.1. The van der Waals surface area contributed by atoms with Gasteiger partial charge in [0.15, 0.2) is 5.78 Å². The van der Waals surface area contributed by atoms with E-state index in [-0.39, 0.29) is 17.2 Å². The van der Waals surface area contributed by atoms with Crippen LogP contribution in [-0.4, -0.2) is 31.6 Å². The van der Waals surface area contributed by atoms with Gasteiger partial charge in [0.05, 0.1) is 11.4 Å². The van der Waals surface area contributed by atoms with Gasteiger partial charge in [-0.25, -0.2) is 8.42 Å². The summed E-state index contributed by atoms with van der Waals surface area (Å²) in [5, 5.41) is 0. The van der Waals surface area contributed by atoms with Gasteiger partial charge < -0.3 is 0 Å². The van der Waals surface area contributed by atoms with Crippen molar-refractivity contribution in [3.8, 4) is 12.3 Å². The first-order valence-electron chi connectivity index (χ1n) is 6.54. The van der Waals surface area contributed by atoms with Crippen molar-refractivity contribution in [3.05, 3.63) is 29.8 Å². The maximum Gasteiger partial charge on any atom is 0.243 e. The minimum atomic E-state index is -3.65. The topological polar surface area (TPSA) is 54.5 Å². The van der Waals surface area contributed by atoms with E-state index in [1.54, 1.807) is 19.1 Å². The van der Waals surface area contributed by atoms with E-state index in [0.717, 1.165) is 0 Å². The number of Topliss-reactive ketones (excluding diaryl/α,β-unsaturated/α-hetero) is 1. The van der Waals surface area contributed by atoms with Gasteiger partial charge in [0, 0.05) is 18.5 Å². The first-order valence-corrected chi connectivity index (χ1v) is 7.98. The summed E-state index contributed by atoms with van der Waals surface area (Å²) in [4.78, 5) is 11.8. The average molecular weight is 293 g/mol. The number of rotatable bonds is 7. The fourth-order valence-corrected chi connectivity index (χ4v) is 3.31. The minimum absolute atomic E-state index is 0.0299. The van der Waals surface area contributed by atoms with E-state index in [1.165, 1.54) is 16.4 Å². The molecular weight excluding hydrogens is 274 g/mol. The molecule has 1 aromatic carbocycles. The van der Waals surface area contributed by atoms with Crippen molar-refractivity contribution in [3.63, 3.8) is 0 Å². The van der Waals surface area contributed by atoms with Gasteiger partial charge in [0.2, 0.25) is 10.0 Å². The molecule has 0 aromatic heterocycles. The summed E-state index contributed by atoms with van der Waals surface area (Å²) >= 11 is 0. The molecule has 0 unspecified atom stereocenters. The molecule has 0 aliphatic heterocycles. The Morgan fingerprint density at radius 1 is 1.35 bits per heavy atom. The highest BCUT2D eigenvalue weighted by molar-refractivity contribution is 7.89. The summed E-state index contributed by atoms with van der Waals surface area (Å²) in [5.41, 5.74) is 0.408. The van der Waals surface area contributed by atoms with E-state index in [0.29, 0.717) is 24.9 Å². The number of ketones is 1. The van der Waals surface area contributed by atoms with Crippen LogP contribution in [0.25, 0.3) is 0 Å². The molecule has 108 valence electrons. The largest absolute Gasteiger partial charge is 0.294 e. The Morgan fingerprint density at radius 3 is 2.60 bits per heavy atom. The molecule has 0 aliphatic carbocycles. The molecule has 0 aliphatic rings. The first-order chi connectivity index (χ1) is 9.47. The van der Waals surface area contributed by atoms with Gasteiger partial charge in [0.25, 0.3) is 0 Å². The zero-order valence-electron chi connectivity index (χ0n) is 11.8. The van der Waals surface area contributed by atoms with Crippen LogP contribution >= 0.6 is 0 Å². The molecule has 1 rings (SSSR count). The minimum Gasteiger partial charge on any atom is -0.294 e. The standard InChI is InChI=1S/C15H19NO3S/c1-4-10-16(11-5-2)20(18,19)14-9-7-8-13(12-14)15(17)6-3/h1,7-9,12H,5-6,10-11H2,2-3H3. The number of nitrogens with zero attached hydrogens (tertiary/aromatic N) is 1. The van der Waals surface area contributed by atoms with Crippen molar-refractivity contribution >= 4 is 15.8 Å². The molecular formula is C15H19NO3S. The Kier molecular flexibility index (Phi) is 5.93. The molecule has 0 atom stereocenters. The smallest absolute Gasteiger partial charge is 0.243 e. The lowest BCUT2D eigenvalue weighted by molar-refractivity contribution is 0.0988. The van der Waals surface area contributed by atoms with Gasteiger partial charge in [-0.2, -0.15) is 4.31 Å². The number of terminal acetylenes is 1. The van der Waals surface area contributed by atoms with E-state index in [9.17, 15) is 13.2 Å². The number of benzene rings is 1. The van der Waals surface area contributed by atoms with Crippen molar-refractivity contribution in [2.24, 2.45) is 0 Å². The molecule has 20 heavy (non-hydrogen) atoms. The van der Waals surface area contributed by atoms with Gasteiger partial charge in [-0.05, 0) is 18.6 Å². The van der Waals surface area contributed by atoms with Crippen LogP contribution in [0.3, 0.4) is 0 Å². The summed E-state index contributed by atoms with van der Waals surface area (Å²) in [7, 11) is -3.65. The first kappa shape index (κ1) is 16.4. The Hall–Kier alpha value is -1.64. The molecule has 0 spiro atoms. The third kappa shape index (κ3) is 3.69. The highest BCUT2D eigenvalue weighted by atomic mass is 32.2. The Bertz CT molecular complexity index is 614. The van der Waals surface area contributed by atoms with Gasteiger partial charge >= 0.3 is 0 Å². The Labute approximate surface area is 120 Å². The molecule has 0 radical (unpaired) electrons. The maximum absolute atomic E-state index is 12.5. The number of carbonyl (C=O) groups excluding carboxylic acids is 1. The van der Waals surface area contributed by atoms with Crippen LogP contribution in [0.4, 0.5) is 0 Å². The van der Waals surface area contributed by atoms with Crippen LogP contribution in [0.15, 0.2) is 29.2 Å². The van der Waals surface area contributed by atoms with E-state index in [1.807, 2.05) is 6.92 Å². The number of hydrogen-bond acceptors (Lipinski definition) is 3. The second kappa shape index (κ2) is 7.22. The van der Waals surface area contributed by atoms with Crippen LogP contribution in [-0.2, 0) is 10.0 Å². The average Bonchev–Trinajstić information content (AvgIpc) is 2.46. The van der Waals surface area contributed by atoms with Crippen LogP contribution in [0, 0.1) is 12.3 Å². The molecule has 5 heteroatoms. The molecule has 0 saturated carbocycles. The van der Waals surface area contributed by atoms with Crippen molar-refractivity contribution in [2.75, 3.05) is 13.1 Å². The van der Waals surface area contributed by atoms with E-state index in [2.05, 4.69) is 5.92 Å². The predicted octanol–water partition coefficient (Wildman–Crippen LogP) is 2.31. The predicted molar refractivity (Wildman–Crippen MR) is 78.9 cm³/mol. The van der Waals surface area contributed by atoms with Gasteiger partial charge in [-0.3, -0.25) is 4.79 Å². The Balaban J connectivity index is 3.20. The molecule has 0 fully saturated rings. The van der Waals surface area contributed by atoms with Crippen molar-refractivity contribution in [2.45, 2.75) is 31.6 Å². The van der Waals surface area contributed by atoms with Crippen LogP contribution in [0.5, 0.6) is 0 Å². The number of sulfonamides is 1. The lowest BCUT2D eigenvalue weighted by Gasteiger charge is -2.19. The zero-order chi connectivity index (χ0) is 15.2. The van der Waals surface area contributed by atoms with Crippen LogP contribution < -0.4 is 0 Å².